The molecule has 8 heteroatoms. The molecule has 2 aromatic heterocycles. The highest BCUT2D eigenvalue weighted by molar-refractivity contribution is 5.43. The summed E-state index contributed by atoms with van der Waals surface area (Å²) >= 11 is 0. The van der Waals surface area contributed by atoms with Crippen molar-refractivity contribution in [3.05, 3.63) is 47.8 Å². The minimum Gasteiger partial charge on any atom is -0.493 e. The van der Waals surface area contributed by atoms with Crippen LogP contribution in [0, 0.1) is 0 Å². The zero-order valence-electron chi connectivity index (χ0n) is 15.8. The van der Waals surface area contributed by atoms with E-state index in [1.165, 1.54) is 0 Å². The first kappa shape index (κ1) is 17.9. The standard InChI is InChI=1S/C18H24N6O2/c1-18(2,3)24-17(12-23-9-8-19-22-23)20-16(21-24)11-13-6-7-14(25-4)15(10-13)26-5/h6-10H,11-12H2,1-5H3. The third kappa shape index (κ3) is 3.84. The third-order valence-electron chi connectivity index (χ3n) is 3.94. The van der Waals surface area contributed by atoms with Gasteiger partial charge in [0.2, 0.25) is 0 Å². The maximum absolute atomic E-state index is 5.38. The molecule has 0 radical (unpaired) electrons. The fraction of sp³-hybridized carbons (Fsp3) is 0.444. The second-order valence-electron chi connectivity index (χ2n) is 6.99. The highest BCUT2D eigenvalue weighted by Gasteiger charge is 2.21. The van der Waals surface area contributed by atoms with E-state index >= 15 is 0 Å². The first-order valence-electron chi connectivity index (χ1n) is 8.41. The molecule has 0 saturated heterocycles. The highest BCUT2D eigenvalue weighted by atomic mass is 16.5. The van der Waals surface area contributed by atoms with Crippen molar-refractivity contribution in [1.29, 1.82) is 0 Å². The maximum atomic E-state index is 5.38. The Morgan fingerprint density at radius 1 is 1.08 bits per heavy atom. The van der Waals surface area contributed by atoms with Crippen molar-refractivity contribution >= 4 is 0 Å². The van der Waals surface area contributed by atoms with Gasteiger partial charge in [-0.1, -0.05) is 11.3 Å². The lowest BCUT2D eigenvalue weighted by Crippen LogP contribution is -2.26. The van der Waals surface area contributed by atoms with E-state index in [4.69, 9.17) is 19.6 Å². The molecule has 2 heterocycles. The predicted octanol–water partition coefficient (Wildman–Crippen LogP) is 2.28. The van der Waals surface area contributed by atoms with Crippen LogP contribution in [-0.2, 0) is 18.5 Å². The lowest BCUT2D eigenvalue weighted by Gasteiger charge is -2.21. The van der Waals surface area contributed by atoms with Crippen molar-refractivity contribution in [2.24, 2.45) is 0 Å². The lowest BCUT2D eigenvalue weighted by atomic mass is 10.1. The maximum Gasteiger partial charge on any atom is 0.161 e. The van der Waals surface area contributed by atoms with E-state index < -0.39 is 0 Å². The zero-order chi connectivity index (χ0) is 18.7. The Labute approximate surface area is 152 Å². The van der Waals surface area contributed by atoms with Gasteiger partial charge in [0, 0.05) is 12.6 Å². The van der Waals surface area contributed by atoms with Crippen molar-refractivity contribution in [2.75, 3.05) is 14.2 Å². The Morgan fingerprint density at radius 3 is 2.46 bits per heavy atom. The van der Waals surface area contributed by atoms with Gasteiger partial charge in [-0.25, -0.2) is 14.3 Å². The molecule has 8 nitrogen and oxygen atoms in total. The lowest BCUT2D eigenvalue weighted by molar-refractivity contribution is 0.335. The van der Waals surface area contributed by atoms with Crippen LogP contribution in [0.5, 0.6) is 11.5 Å². The van der Waals surface area contributed by atoms with Crippen LogP contribution >= 0.6 is 0 Å². The molecule has 0 aliphatic heterocycles. The molecular formula is C18H24N6O2. The molecule has 0 saturated carbocycles. The quantitative estimate of drug-likeness (QED) is 0.674. The van der Waals surface area contributed by atoms with Gasteiger partial charge in [-0.3, -0.25) is 0 Å². The smallest absolute Gasteiger partial charge is 0.161 e. The molecule has 0 amide bonds. The molecule has 138 valence electrons. The van der Waals surface area contributed by atoms with E-state index in [1.807, 2.05) is 29.1 Å². The van der Waals surface area contributed by atoms with Crippen LogP contribution in [0.3, 0.4) is 0 Å². The predicted molar refractivity (Wildman–Crippen MR) is 96.5 cm³/mol. The average Bonchev–Trinajstić information content (AvgIpc) is 3.24. The summed E-state index contributed by atoms with van der Waals surface area (Å²) in [7, 11) is 3.25. The van der Waals surface area contributed by atoms with Gasteiger partial charge in [-0.15, -0.1) is 5.10 Å². The molecule has 0 bridgehead atoms. The molecule has 0 unspecified atom stereocenters. The van der Waals surface area contributed by atoms with Gasteiger partial charge in [-0.2, -0.15) is 5.10 Å². The molecule has 0 atom stereocenters. The Kier molecular flexibility index (Phi) is 4.92. The minimum atomic E-state index is -0.182. The Morgan fingerprint density at radius 2 is 1.85 bits per heavy atom. The number of benzene rings is 1. The number of ether oxygens (including phenoxy) is 2. The summed E-state index contributed by atoms with van der Waals surface area (Å²) in [6.07, 6.45) is 4.08. The van der Waals surface area contributed by atoms with Crippen molar-refractivity contribution in [2.45, 2.75) is 39.3 Å². The molecule has 1 aromatic carbocycles. The molecule has 0 aliphatic carbocycles. The van der Waals surface area contributed by atoms with E-state index in [-0.39, 0.29) is 5.54 Å². The summed E-state index contributed by atoms with van der Waals surface area (Å²) in [6, 6.07) is 5.84. The van der Waals surface area contributed by atoms with Gasteiger partial charge in [0.05, 0.1) is 26.0 Å². The van der Waals surface area contributed by atoms with Crippen LogP contribution in [0.4, 0.5) is 0 Å². The summed E-state index contributed by atoms with van der Waals surface area (Å²) < 4.78 is 14.4. The molecule has 26 heavy (non-hydrogen) atoms. The van der Waals surface area contributed by atoms with Crippen LogP contribution < -0.4 is 9.47 Å². The summed E-state index contributed by atoms with van der Waals surface area (Å²) in [4.78, 5) is 4.74. The van der Waals surface area contributed by atoms with E-state index in [9.17, 15) is 0 Å². The SMILES string of the molecule is COc1ccc(Cc2nc(Cn3ccnn3)n(C(C)(C)C)n2)cc1OC. The van der Waals surface area contributed by atoms with Gasteiger partial charge in [0.1, 0.15) is 12.4 Å². The highest BCUT2D eigenvalue weighted by Crippen LogP contribution is 2.28. The van der Waals surface area contributed by atoms with Crippen LogP contribution in [0.1, 0.15) is 38.0 Å². The molecule has 3 aromatic rings. The molecule has 0 N–H and O–H groups in total. The van der Waals surface area contributed by atoms with Crippen LogP contribution in [-0.4, -0.2) is 44.0 Å². The van der Waals surface area contributed by atoms with Gasteiger partial charge in [0.15, 0.2) is 17.3 Å². The van der Waals surface area contributed by atoms with Crippen molar-refractivity contribution in [1.82, 2.24) is 29.8 Å². The van der Waals surface area contributed by atoms with E-state index in [0.717, 1.165) is 17.2 Å². The molecule has 0 fully saturated rings. The molecule has 0 aliphatic rings. The van der Waals surface area contributed by atoms with E-state index in [0.29, 0.717) is 24.5 Å². The van der Waals surface area contributed by atoms with E-state index in [1.54, 1.807) is 25.1 Å². The first-order chi connectivity index (χ1) is 12.4. The van der Waals surface area contributed by atoms with Crippen LogP contribution in [0.15, 0.2) is 30.6 Å². The Hall–Kier alpha value is -2.90. The van der Waals surface area contributed by atoms with Gasteiger partial charge in [-0.05, 0) is 38.5 Å². The molecule has 3 rings (SSSR count). The minimum absolute atomic E-state index is 0.182. The Balaban J connectivity index is 1.89. The summed E-state index contributed by atoms with van der Waals surface area (Å²) in [6.45, 7) is 6.84. The first-order valence-corrected chi connectivity index (χ1v) is 8.41. The number of hydrogen-bond donors (Lipinski definition) is 0. The number of hydrogen-bond acceptors (Lipinski definition) is 6. The average molecular weight is 356 g/mol. The van der Waals surface area contributed by atoms with Crippen LogP contribution in [0.25, 0.3) is 0 Å². The van der Waals surface area contributed by atoms with Crippen LogP contribution in [0.2, 0.25) is 0 Å². The number of aromatic nitrogens is 6. The monoisotopic (exact) mass is 356 g/mol. The summed E-state index contributed by atoms with van der Waals surface area (Å²) in [5, 5.41) is 12.6. The Bertz CT molecular complexity index is 864. The second kappa shape index (κ2) is 7.15. The molecular weight excluding hydrogens is 332 g/mol. The topological polar surface area (TPSA) is 79.9 Å². The van der Waals surface area contributed by atoms with Gasteiger partial charge in [0.25, 0.3) is 0 Å². The van der Waals surface area contributed by atoms with Gasteiger partial charge >= 0.3 is 0 Å². The van der Waals surface area contributed by atoms with Gasteiger partial charge < -0.3 is 9.47 Å². The summed E-state index contributed by atoms with van der Waals surface area (Å²) in [5.41, 5.74) is 0.875. The van der Waals surface area contributed by atoms with Crippen molar-refractivity contribution < 1.29 is 9.47 Å². The number of rotatable bonds is 6. The second-order valence-corrected chi connectivity index (χ2v) is 6.99. The van der Waals surface area contributed by atoms with Crippen molar-refractivity contribution in [3.8, 4) is 11.5 Å². The summed E-state index contributed by atoms with van der Waals surface area (Å²) in [5.74, 6) is 3.00. The fourth-order valence-corrected chi connectivity index (χ4v) is 2.74. The number of methoxy groups -OCH3 is 2. The molecule has 0 spiro atoms. The fourth-order valence-electron chi connectivity index (χ4n) is 2.74. The largest absolute Gasteiger partial charge is 0.493 e. The zero-order valence-corrected chi connectivity index (χ0v) is 15.8. The third-order valence-corrected chi connectivity index (χ3v) is 3.94. The van der Waals surface area contributed by atoms with E-state index in [2.05, 4.69) is 31.1 Å². The normalized spacial score (nSPS) is 11.6. The van der Waals surface area contributed by atoms with Crippen molar-refractivity contribution in [3.63, 3.8) is 0 Å². The number of nitrogens with zero attached hydrogens (tertiary/aromatic N) is 6.